The van der Waals surface area contributed by atoms with Crippen LogP contribution < -0.4 is 10.9 Å². The van der Waals surface area contributed by atoms with Crippen molar-refractivity contribution in [2.24, 2.45) is 0 Å². The number of hydrogen-bond acceptors (Lipinski definition) is 4. The van der Waals surface area contributed by atoms with Gasteiger partial charge in [-0.25, -0.2) is 4.98 Å². The minimum atomic E-state index is -0.0914. The number of nitrogens with zero attached hydrogens (tertiary/aromatic N) is 3. The summed E-state index contributed by atoms with van der Waals surface area (Å²) in [6.07, 6.45) is 7.71. The second-order valence-electron chi connectivity index (χ2n) is 8.65. The first-order valence-electron chi connectivity index (χ1n) is 11.1. The van der Waals surface area contributed by atoms with Gasteiger partial charge in [0.25, 0.3) is 11.5 Å². The van der Waals surface area contributed by atoms with Crippen LogP contribution in [0.2, 0.25) is 0 Å². The Morgan fingerprint density at radius 3 is 2.76 bits per heavy atom. The number of aromatic nitrogens is 2. The van der Waals surface area contributed by atoms with Crippen molar-refractivity contribution in [2.75, 3.05) is 13.1 Å². The fourth-order valence-electron chi connectivity index (χ4n) is 4.86. The fourth-order valence-corrected chi connectivity index (χ4v) is 4.86. The molecule has 0 spiro atoms. The number of fused-ring (bicyclic) bond motifs is 2. The van der Waals surface area contributed by atoms with Gasteiger partial charge in [-0.2, -0.15) is 0 Å². The normalized spacial score (nSPS) is 22.4. The molecule has 1 amide bonds. The first-order valence-corrected chi connectivity index (χ1v) is 11.1. The second kappa shape index (κ2) is 8.66. The first-order chi connectivity index (χ1) is 14.0. The second-order valence-corrected chi connectivity index (χ2v) is 8.65. The highest BCUT2D eigenvalue weighted by molar-refractivity contribution is 5.97. The van der Waals surface area contributed by atoms with Crippen LogP contribution in [0.15, 0.2) is 23.0 Å². The fraction of sp³-hybridized carbons (Fsp3) is 0.609. The summed E-state index contributed by atoms with van der Waals surface area (Å²) in [5, 5.41) is 3.63. The Balaban J connectivity index is 1.39. The van der Waals surface area contributed by atoms with Crippen LogP contribution in [0.3, 0.4) is 0 Å². The smallest absolute Gasteiger partial charge is 0.261 e. The molecule has 4 rings (SSSR count). The van der Waals surface area contributed by atoms with Crippen LogP contribution in [0.25, 0.3) is 10.9 Å². The van der Waals surface area contributed by atoms with Gasteiger partial charge in [-0.3, -0.25) is 19.1 Å². The van der Waals surface area contributed by atoms with Gasteiger partial charge in [0.1, 0.15) is 5.82 Å². The number of carbonyl (C=O) groups is 1. The van der Waals surface area contributed by atoms with E-state index < -0.39 is 0 Å². The molecule has 1 fully saturated rings. The predicted molar refractivity (Wildman–Crippen MR) is 115 cm³/mol. The van der Waals surface area contributed by atoms with Crippen LogP contribution in [0.4, 0.5) is 0 Å². The summed E-state index contributed by atoms with van der Waals surface area (Å²) in [6.45, 7) is 7.03. The molecular formula is C23H32N4O2. The van der Waals surface area contributed by atoms with Crippen molar-refractivity contribution in [2.45, 2.75) is 77.4 Å². The van der Waals surface area contributed by atoms with Crippen LogP contribution in [-0.2, 0) is 13.0 Å². The highest BCUT2D eigenvalue weighted by atomic mass is 16.1. The molecule has 1 aromatic heterocycles. The van der Waals surface area contributed by atoms with Crippen LogP contribution >= 0.6 is 0 Å². The van der Waals surface area contributed by atoms with E-state index in [1.807, 2.05) is 0 Å². The van der Waals surface area contributed by atoms with Crippen molar-refractivity contribution in [3.63, 3.8) is 0 Å². The topological polar surface area (TPSA) is 67.2 Å². The molecule has 6 nitrogen and oxygen atoms in total. The zero-order valence-corrected chi connectivity index (χ0v) is 17.6. The standard InChI is InChI=1S/C23H32N4O2/c1-16-7-5-8-17(2)26(16)14-6-12-24-22(28)18-10-11-19-20(15-18)25-21-9-3-4-13-27(21)23(19)29/h10-11,15-17H,3-9,12-14H2,1-2H3,(H,24,28). The number of nitrogens with one attached hydrogen (secondary N) is 1. The molecule has 0 saturated carbocycles. The van der Waals surface area contributed by atoms with E-state index in [0.29, 0.717) is 35.1 Å². The van der Waals surface area contributed by atoms with Crippen molar-refractivity contribution < 1.29 is 4.79 Å². The maximum atomic E-state index is 12.7. The summed E-state index contributed by atoms with van der Waals surface area (Å²) in [5.74, 6) is 0.752. The Hall–Kier alpha value is -2.21. The molecule has 3 heterocycles. The van der Waals surface area contributed by atoms with Gasteiger partial charge in [0, 0.05) is 43.7 Å². The molecule has 1 saturated heterocycles. The third-order valence-electron chi connectivity index (χ3n) is 6.58. The van der Waals surface area contributed by atoms with Gasteiger partial charge in [-0.05, 0) is 64.2 Å². The zero-order chi connectivity index (χ0) is 20.4. The van der Waals surface area contributed by atoms with Gasteiger partial charge >= 0.3 is 0 Å². The van der Waals surface area contributed by atoms with E-state index in [1.165, 1.54) is 19.3 Å². The van der Waals surface area contributed by atoms with E-state index in [4.69, 9.17) is 0 Å². The third-order valence-corrected chi connectivity index (χ3v) is 6.58. The summed E-state index contributed by atoms with van der Waals surface area (Å²) in [7, 11) is 0. The van der Waals surface area contributed by atoms with Crippen molar-refractivity contribution in [1.29, 1.82) is 0 Å². The average molecular weight is 397 g/mol. The molecule has 156 valence electrons. The molecule has 0 bridgehead atoms. The van der Waals surface area contributed by atoms with Crippen LogP contribution in [-0.4, -0.2) is 45.5 Å². The van der Waals surface area contributed by atoms with Crippen molar-refractivity contribution in [1.82, 2.24) is 19.8 Å². The largest absolute Gasteiger partial charge is 0.352 e. The average Bonchev–Trinajstić information content (AvgIpc) is 2.72. The highest BCUT2D eigenvalue weighted by Crippen LogP contribution is 2.22. The zero-order valence-electron chi connectivity index (χ0n) is 17.6. The number of aryl methyl sites for hydroxylation is 1. The van der Waals surface area contributed by atoms with Gasteiger partial charge in [0.05, 0.1) is 10.9 Å². The van der Waals surface area contributed by atoms with Crippen LogP contribution in [0, 0.1) is 0 Å². The lowest BCUT2D eigenvalue weighted by molar-refractivity contribution is 0.0925. The lowest BCUT2D eigenvalue weighted by atomic mass is 9.97. The Morgan fingerprint density at radius 2 is 1.97 bits per heavy atom. The van der Waals surface area contributed by atoms with Crippen molar-refractivity contribution >= 4 is 16.8 Å². The van der Waals surface area contributed by atoms with Gasteiger partial charge < -0.3 is 5.32 Å². The number of amides is 1. The van der Waals surface area contributed by atoms with Gasteiger partial charge in [0.15, 0.2) is 0 Å². The molecule has 6 heteroatoms. The summed E-state index contributed by atoms with van der Waals surface area (Å²) >= 11 is 0. The quantitative estimate of drug-likeness (QED) is 0.789. The van der Waals surface area contributed by atoms with Gasteiger partial charge in [0.2, 0.25) is 0 Å². The monoisotopic (exact) mass is 396 g/mol. The maximum Gasteiger partial charge on any atom is 0.261 e. The van der Waals surface area contributed by atoms with E-state index in [1.54, 1.807) is 22.8 Å². The molecule has 2 unspecified atom stereocenters. The predicted octanol–water partition coefficient (Wildman–Crippen LogP) is 3.12. The van der Waals surface area contributed by atoms with E-state index >= 15 is 0 Å². The summed E-state index contributed by atoms with van der Waals surface area (Å²) in [5.41, 5.74) is 1.22. The van der Waals surface area contributed by atoms with E-state index in [0.717, 1.165) is 44.6 Å². The van der Waals surface area contributed by atoms with E-state index in [2.05, 4.69) is 29.0 Å². The molecule has 1 aromatic carbocycles. The lowest BCUT2D eigenvalue weighted by Gasteiger charge is -2.39. The number of carbonyl (C=O) groups excluding carboxylic acids is 1. The molecule has 0 aliphatic carbocycles. The maximum absolute atomic E-state index is 12.7. The van der Waals surface area contributed by atoms with Gasteiger partial charge in [-0.1, -0.05) is 6.42 Å². The molecule has 29 heavy (non-hydrogen) atoms. The molecule has 2 atom stereocenters. The summed E-state index contributed by atoms with van der Waals surface area (Å²) in [6, 6.07) is 6.51. The molecule has 2 aromatic rings. The minimum absolute atomic E-state index is 0.0152. The van der Waals surface area contributed by atoms with E-state index in [-0.39, 0.29) is 11.5 Å². The SMILES string of the molecule is CC1CCCC(C)N1CCCNC(=O)c1ccc2c(=O)n3c(nc2c1)CCCC3. The molecule has 0 radical (unpaired) electrons. The minimum Gasteiger partial charge on any atom is -0.352 e. The van der Waals surface area contributed by atoms with E-state index in [9.17, 15) is 9.59 Å². The van der Waals surface area contributed by atoms with Crippen molar-refractivity contribution in [3.05, 3.63) is 39.9 Å². The van der Waals surface area contributed by atoms with Crippen LogP contribution in [0.1, 0.15) is 68.6 Å². The highest BCUT2D eigenvalue weighted by Gasteiger charge is 2.23. The summed E-state index contributed by atoms with van der Waals surface area (Å²) in [4.78, 5) is 32.5. The first kappa shape index (κ1) is 20.1. The number of piperidine rings is 1. The Labute approximate surface area is 172 Å². The Kier molecular flexibility index (Phi) is 5.99. The number of benzene rings is 1. The number of hydrogen-bond donors (Lipinski definition) is 1. The lowest BCUT2D eigenvalue weighted by Crippen LogP contribution is -2.44. The third kappa shape index (κ3) is 4.22. The molecule has 2 aliphatic heterocycles. The number of rotatable bonds is 5. The molecule has 2 aliphatic rings. The van der Waals surface area contributed by atoms with Crippen LogP contribution in [0.5, 0.6) is 0 Å². The number of likely N-dealkylation sites (tertiary alicyclic amines) is 1. The van der Waals surface area contributed by atoms with Crippen molar-refractivity contribution in [3.8, 4) is 0 Å². The summed E-state index contributed by atoms with van der Waals surface area (Å²) < 4.78 is 1.79. The molecule has 1 N–H and O–H groups in total. The Bertz CT molecular complexity index is 942. The molecular weight excluding hydrogens is 364 g/mol. The Morgan fingerprint density at radius 1 is 1.17 bits per heavy atom. The van der Waals surface area contributed by atoms with Gasteiger partial charge in [-0.15, -0.1) is 0 Å².